The van der Waals surface area contributed by atoms with Crippen LogP contribution in [0.1, 0.15) is 17.5 Å². The van der Waals surface area contributed by atoms with Crippen LogP contribution >= 0.6 is 0 Å². The number of amides is 1. The molecule has 4 nitrogen and oxygen atoms in total. The van der Waals surface area contributed by atoms with Gasteiger partial charge in [-0.15, -0.1) is 0 Å². The number of hydrogen-bond acceptors (Lipinski definition) is 2. The van der Waals surface area contributed by atoms with Gasteiger partial charge in [-0.05, 0) is 41.3 Å². The first kappa shape index (κ1) is 17.0. The third-order valence-corrected chi connectivity index (χ3v) is 4.10. The number of carboxylic acids is 1. The maximum atomic E-state index is 12.9. The van der Waals surface area contributed by atoms with E-state index in [1.165, 1.54) is 6.07 Å². The fourth-order valence-electron chi connectivity index (χ4n) is 2.90. The molecule has 130 valence electrons. The summed E-state index contributed by atoms with van der Waals surface area (Å²) in [5.74, 6) is -1.46. The molecule has 1 aliphatic rings. The van der Waals surface area contributed by atoms with Crippen molar-refractivity contribution in [1.29, 1.82) is 0 Å². The molecule has 2 aromatic rings. The number of hydrogen-bond donors (Lipinski definition) is 1. The molecular weight excluding hydrogens is 335 g/mol. The van der Waals surface area contributed by atoms with Gasteiger partial charge >= 0.3 is 12.1 Å². The highest BCUT2D eigenvalue weighted by atomic mass is 19.4. The molecule has 0 bridgehead atoms. The molecular formula is C18H14F3NO3. The van der Waals surface area contributed by atoms with Gasteiger partial charge in [-0.25, -0.2) is 0 Å². The van der Waals surface area contributed by atoms with Crippen molar-refractivity contribution in [2.75, 3.05) is 11.4 Å². The van der Waals surface area contributed by atoms with Crippen molar-refractivity contribution >= 4 is 17.6 Å². The second-order valence-corrected chi connectivity index (χ2v) is 5.80. The second-order valence-electron chi connectivity index (χ2n) is 5.80. The summed E-state index contributed by atoms with van der Waals surface area (Å²) in [5, 5.41) is 9.00. The molecule has 25 heavy (non-hydrogen) atoms. The number of rotatable bonds is 3. The summed E-state index contributed by atoms with van der Waals surface area (Å²) in [7, 11) is 0. The van der Waals surface area contributed by atoms with Gasteiger partial charge in [-0.2, -0.15) is 13.2 Å². The predicted molar refractivity (Wildman–Crippen MR) is 85.2 cm³/mol. The molecule has 0 aromatic heterocycles. The molecule has 0 unspecified atom stereocenters. The molecule has 0 aliphatic carbocycles. The zero-order valence-electron chi connectivity index (χ0n) is 13.0. The molecule has 1 aliphatic heterocycles. The monoisotopic (exact) mass is 349 g/mol. The molecule has 0 radical (unpaired) electrons. The van der Waals surface area contributed by atoms with Crippen molar-refractivity contribution in [3.63, 3.8) is 0 Å². The number of aryl methyl sites for hydroxylation is 1. The zero-order valence-corrected chi connectivity index (χ0v) is 13.0. The molecule has 0 spiro atoms. The molecule has 1 amide bonds. The molecule has 3 rings (SSSR count). The molecule has 2 aromatic carbocycles. The summed E-state index contributed by atoms with van der Waals surface area (Å²) < 4.78 is 38.7. The van der Waals surface area contributed by atoms with Crippen LogP contribution in [0.2, 0.25) is 0 Å². The number of aliphatic carboxylic acids is 1. The molecule has 1 N–H and O–H groups in total. The van der Waals surface area contributed by atoms with E-state index in [0.717, 1.165) is 22.6 Å². The lowest BCUT2D eigenvalue weighted by atomic mass is 9.95. The summed E-state index contributed by atoms with van der Waals surface area (Å²) >= 11 is 0. The number of benzene rings is 2. The summed E-state index contributed by atoms with van der Waals surface area (Å²) in [6.07, 6.45) is -3.76. The van der Waals surface area contributed by atoms with Crippen LogP contribution in [-0.4, -0.2) is 23.5 Å². The Bertz CT molecular complexity index is 846. The first-order valence-corrected chi connectivity index (χ1v) is 7.58. The average molecular weight is 349 g/mol. The van der Waals surface area contributed by atoms with E-state index in [0.29, 0.717) is 23.2 Å². The van der Waals surface area contributed by atoms with Gasteiger partial charge in [-0.1, -0.05) is 24.3 Å². The predicted octanol–water partition coefficient (Wildman–Crippen LogP) is 3.74. The van der Waals surface area contributed by atoms with E-state index < -0.39 is 24.3 Å². The third-order valence-electron chi connectivity index (χ3n) is 4.10. The summed E-state index contributed by atoms with van der Waals surface area (Å²) in [6.45, 7) is -0.474. The Hall–Kier alpha value is -2.83. The highest BCUT2D eigenvalue weighted by Crippen LogP contribution is 2.35. The maximum Gasteiger partial charge on any atom is 0.416 e. The topological polar surface area (TPSA) is 57.6 Å². The molecule has 0 atom stereocenters. The molecule has 0 saturated heterocycles. The lowest BCUT2D eigenvalue weighted by Gasteiger charge is -2.28. The number of carbonyl (C=O) groups excluding carboxylic acids is 1. The fraction of sp³-hybridized carbons (Fsp3) is 0.222. The van der Waals surface area contributed by atoms with Crippen LogP contribution in [0.4, 0.5) is 18.9 Å². The molecule has 0 fully saturated rings. The van der Waals surface area contributed by atoms with E-state index in [1.807, 2.05) is 0 Å². The van der Waals surface area contributed by atoms with Gasteiger partial charge in [0.15, 0.2) is 0 Å². The van der Waals surface area contributed by atoms with Crippen molar-refractivity contribution in [2.45, 2.75) is 19.0 Å². The minimum Gasteiger partial charge on any atom is -0.480 e. The standard InChI is InChI=1S/C18H14F3NO3/c19-18(20,21)14-3-1-2-12(8-14)13-5-4-11-6-7-16(23)22(10-17(24)25)15(11)9-13/h1-5,8-9H,6-7,10H2,(H,24,25). The Kier molecular flexibility index (Phi) is 4.24. The van der Waals surface area contributed by atoms with E-state index in [9.17, 15) is 22.8 Å². The minimum absolute atomic E-state index is 0.211. The fourth-order valence-corrected chi connectivity index (χ4v) is 2.90. The van der Waals surface area contributed by atoms with Gasteiger partial charge in [0, 0.05) is 12.1 Å². The minimum atomic E-state index is -4.45. The van der Waals surface area contributed by atoms with Gasteiger partial charge in [0.2, 0.25) is 5.91 Å². The number of halogens is 3. The highest BCUT2D eigenvalue weighted by molar-refractivity contribution is 6.00. The molecule has 1 heterocycles. The average Bonchev–Trinajstić information content (AvgIpc) is 2.56. The smallest absolute Gasteiger partial charge is 0.416 e. The summed E-state index contributed by atoms with van der Waals surface area (Å²) in [4.78, 5) is 24.2. The van der Waals surface area contributed by atoms with Crippen LogP contribution in [0, 0.1) is 0 Å². The zero-order chi connectivity index (χ0) is 18.2. The lowest BCUT2D eigenvalue weighted by Crippen LogP contribution is -2.39. The van der Waals surface area contributed by atoms with Gasteiger partial charge in [0.05, 0.1) is 5.56 Å². The van der Waals surface area contributed by atoms with E-state index in [2.05, 4.69) is 0 Å². The number of alkyl halides is 3. The Balaban J connectivity index is 2.05. The van der Waals surface area contributed by atoms with Gasteiger partial charge < -0.3 is 10.0 Å². The Morgan fingerprint density at radius 2 is 1.80 bits per heavy atom. The Morgan fingerprint density at radius 3 is 2.48 bits per heavy atom. The highest BCUT2D eigenvalue weighted by Gasteiger charge is 2.31. The van der Waals surface area contributed by atoms with Crippen molar-refractivity contribution in [3.8, 4) is 11.1 Å². The molecule has 7 heteroatoms. The first-order chi connectivity index (χ1) is 11.8. The van der Waals surface area contributed by atoms with Crippen LogP contribution in [-0.2, 0) is 22.2 Å². The van der Waals surface area contributed by atoms with Gasteiger partial charge in [0.25, 0.3) is 0 Å². The quantitative estimate of drug-likeness (QED) is 0.918. The first-order valence-electron chi connectivity index (χ1n) is 7.58. The summed E-state index contributed by atoms with van der Waals surface area (Å²) in [6, 6.07) is 9.87. The SMILES string of the molecule is O=C(O)CN1C(=O)CCc2ccc(-c3cccc(C(F)(F)F)c3)cc21. The lowest BCUT2D eigenvalue weighted by molar-refractivity contribution is -0.138. The molecule has 0 saturated carbocycles. The van der Waals surface area contributed by atoms with E-state index in [-0.39, 0.29) is 12.3 Å². The van der Waals surface area contributed by atoms with Crippen LogP contribution in [0.5, 0.6) is 0 Å². The van der Waals surface area contributed by atoms with Gasteiger partial charge in [0.1, 0.15) is 6.54 Å². The van der Waals surface area contributed by atoms with E-state index >= 15 is 0 Å². The Labute approximate surface area is 141 Å². The number of carboxylic acid groups (broad SMARTS) is 1. The van der Waals surface area contributed by atoms with Crippen molar-refractivity contribution in [3.05, 3.63) is 53.6 Å². The van der Waals surface area contributed by atoms with Crippen molar-refractivity contribution in [1.82, 2.24) is 0 Å². The number of fused-ring (bicyclic) bond motifs is 1. The van der Waals surface area contributed by atoms with E-state index in [4.69, 9.17) is 5.11 Å². The van der Waals surface area contributed by atoms with Crippen LogP contribution in [0.25, 0.3) is 11.1 Å². The number of carbonyl (C=O) groups is 2. The number of anilines is 1. The maximum absolute atomic E-state index is 12.9. The largest absolute Gasteiger partial charge is 0.480 e. The summed E-state index contributed by atoms with van der Waals surface area (Å²) in [5.41, 5.74) is 1.33. The van der Waals surface area contributed by atoms with Crippen molar-refractivity contribution < 1.29 is 27.9 Å². The van der Waals surface area contributed by atoms with Crippen molar-refractivity contribution in [2.24, 2.45) is 0 Å². The van der Waals surface area contributed by atoms with Crippen LogP contribution < -0.4 is 4.90 Å². The Morgan fingerprint density at radius 1 is 1.08 bits per heavy atom. The van der Waals surface area contributed by atoms with E-state index in [1.54, 1.807) is 24.3 Å². The van der Waals surface area contributed by atoms with Gasteiger partial charge in [-0.3, -0.25) is 9.59 Å². The van der Waals surface area contributed by atoms with Crippen LogP contribution in [0.15, 0.2) is 42.5 Å². The normalized spacial score (nSPS) is 14.4. The third kappa shape index (κ3) is 3.50. The number of nitrogens with zero attached hydrogens (tertiary/aromatic N) is 1. The van der Waals surface area contributed by atoms with Crippen LogP contribution in [0.3, 0.4) is 0 Å². The second kappa shape index (κ2) is 6.23.